The van der Waals surface area contributed by atoms with Crippen molar-refractivity contribution in [2.24, 2.45) is 5.16 Å². The van der Waals surface area contributed by atoms with Gasteiger partial charge in [-0.05, 0) is 50.1 Å². The number of aryl methyl sites for hydroxylation is 1. The van der Waals surface area contributed by atoms with E-state index < -0.39 is 5.97 Å². The van der Waals surface area contributed by atoms with Crippen molar-refractivity contribution in [2.45, 2.75) is 59.3 Å². The summed E-state index contributed by atoms with van der Waals surface area (Å²) in [5, 5.41) is 6.41. The van der Waals surface area contributed by atoms with Crippen molar-refractivity contribution in [3.05, 3.63) is 41.5 Å². The number of benzene rings is 2. The molecule has 0 saturated carbocycles. The maximum Gasteiger partial charge on any atom is 0.331 e. The molecular weight excluding hydrogens is 410 g/mol. The molecule has 0 aliphatic rings. The number of hydrogen-bond acceptors (Lipinski definition) is 6. The zero-order valence-electron chi connectivity index (χ0n) is 18.7. The second-order valence-corrected chi connectivity index (χ2v) is 9.34. The summed E-state index contributed by atoms with van der Waals surface area (Å²) in [6.45, 7) is 9.66. The standard InChI is InChI=1S/C24H29N3O3S/c1-6-7-14(2)31-23(29)13-27-21-10-8-18(25)12-20(21)24-15(3)19(9-11-22(24)27)16(4)26-30-17(5)28/h8-12,14H,6-7,13,25H2,1-5H3/b26-16+. The van der Waals surface area contributed by atoms with Crippen LogP contribution in [0.3, 0.4) is 0 Å². The Morgan fingerprint density at radius 2 is 1.90 bits per heavy atom. The van der Waals surface area contributed by atoms with E-state index in [9.17, 15) is 9.59 Å². The number of hydrogen-bond donors (Lipinski definition) is 1. The van der Waals surface area contributed by atoms with E-state index in [1.54, 1.807) is 6.92 Å². The van der Waals surface area contributed by atoms with Gasteiger partial charge in [-0.3, -0.25) is 4.79 Å². The van der Waals surface area contributed by atoms with Crippen molar-refractivity contribution in [1.82, 2.24) is 4.57 Å². The molecule has 0 spiro atoms. The summed E-state index contributed by atoms with van der Waals surface area (Å²) in [6.07, 6.45) is 2.08. The maximum absolute atomic E-state index is 12.8. The van der Waals surface area contributed by atoms with Crippen LogP contribution in [0.5, 0.6) is 0 Å². The van der Waals surface area contributed by atoms with E-state index in [0.29, 0.717) is 23.2 Å². The molecule has 1 unspecified atom stereocenters. The average molecular weight is 440 g/mol. The minimum Gasteiger partial charge on any atom is -0.399 e. The number of carbonyl (C=O) groups excluding carboxylic acids is 2. The number of nitrogen functional groups attached to an aromatic ring is 1. The monoisotopic (exact) mass is 439 g/mol. The summed E-state index contributed by atoms with van der Waals surface area (Å²) < 4.78 is 2.06. The highest BCUT2D eigenvalue weighted by atomic mass is 32.2. The molecule has 3 aromatic rings. The van der Waals surface area contributed by atoms with Gasteiger partial charge in [0.15, 0.2) is 0 Å². The summed E-state index contributed by atoms with van der Waals surface area (Å²) in [5.74, 6) is -0.462. The minimum absolute atomic E-state index is 0.144. The predicted molar refractivity (Wildman–Crippen MR) is 130 cm³/mol. The fourth-order valence-electron chi connectivity index (χ4n) is 3.98. The lowest BCUT2D eigenvalue weighted by molar-refractivity contribution is -0.140. The van der Waals surface area contributed by atoms with E-state index in [1.165, 1.54) is 18.7 Å². The molecule has 1 heterocycles. The van der Waals surface area contributed by atoms with E-state index in [-0.39, 0.29) is 5.12 Å². The van der Waals surface area contributed by atoms with Crippen molar-refractivity contribution >= 4 is 56.1 Å². The first-order valence-corrected chi connectivity index (χ1v) is 11.3. The number of nitrogens with two attached hydrogens (primary N) is 1. The Labute approximate surface area is 186 Å². The van der Waals surface area contributed by atoms with Crippen LogP contribution in [0.25, 0.3) is 21.8 Å². The van der Waals surface area contributed by atoms with E-state index in [0.717, 1.165) is 45.8 Å². The topological polar surface area (TPSA) is 86.7 Å². The van der Waals surface area contributed by atoms with Crippen LogP contribution in [0.15, 0.2) is 35.5 Å². The Balaban J connectivity index is 2.13. The highest BCUT2D eigenvalue weighted by Gasteiger charge is 2.19. The van der Waals surface area contributed by atoms with Crippen LogP contribution in [-0.4, -0.2) is 26.6 Å². The molecule has 0 radical (unpaired) electrons. The van der Waals surface area contributed by atoms with Gasteiger partial charge in [0.05, 0.1) is 12.3 Å². The van der Waals surface area contributed by atoms with Crippen LogP contribution >= 0.6 is 11.8 Å². The normalized spacial score (nSPS) is 13.0. The largest absolute Gasteiger partial charge is 0.399 e. The van der Waals surface area contributed by atoms with Crippen LogP contribution in [0.1, 0.15) is 51.7 Å². The molecule has 0 aliphatic carbocycles. The molecule has 0 saturated heterocycles. The van der Waals surface area contributed by atoms with Gasteiger partial charge in [0.1, 0.15) is 0 Å². The zero-order valence-corrected chi connectivity index (χ0v) is 19.5. The van der Waals surface area contributed by atoms with Gasteiger partial charge >= 0.3 is 5.97 Å². The molecule has 0 amide bonds. The highest BCUT2D eigenvalue weighted by molar-refractivity contribution is 8.14. The van der Waals surface area contributed by atoms with E-state index in [1.807, 2.05) is 37.3 Å². The molecule has 1 aromatic heterocycles. The third-order valence-electron chi connectivity index (χ3n) is 5.33. The number of aromatic nitrogens is 1. The summed E-state index contributed by atoms with van der Waals surface area (Å²) in [7, 11) is 0. The van der Waals surface area contributed by atoms with Gasteiger partial charge in [-0.1, -0.05) is 43.3 Å². The smallest absolute Gasteiger partial charge is 0.331 e. The van der Waals surface area contributed by atoms with E-state index >= 15 is 0 Å². The zero-order chi connectivity index (χ0) is 22.7. The van der Waals surface area contributed by atoms with Crippen LogP contribution < -0.4 is 5.73 Å². The van der Waals surface area contributed by atoms with Gasteiger partial charge in [-0.2, -0.15) is 0 Å². The fourth-order valence-corrected chi connectivity index (χ4v) is 4.99. The molecule has 7 heteroatoms. The molecule has 2 aromatic carbocycles. The van der Waals surface area contributed by atoms with Crippen molar-refractivity contribution < 1.29 is 14.4 Å². The minimum atomic E-state index is -0.462. The number of thioether (sulfide) groups is 1. The lowest BCUT2D eigenvalue weighted by Crippen LogP contribution is -2.10. The quantitative estimate of drug-likeness (QED) is 0.230. The van der Waals surface area contributed by atoms with Crippen molar-refractivity contribution in [1.29, 1.82) is 0 Å². The summed E-state index contributed by atoms with van der Waals surface area (Å²) >= 11 is 1.41. The molecule has 2 N–H and O–H groups in total. The number of carbonyl (C=O) groups is 2. The molecule has 164 valence electrons. The lowest BCUT2D eigenvalue weighted by atomic mass is 9.99. The first-order valence-electron chi connectivity index (χ1n) is 10.5. The van der Waals surface area contributed by atoms with Gasteiger partial charge in [0, 0.05) is 45.2 Å². The van der Waals surface area contributed by atoms with Crippen LogP contribution in [0, 0.1) is 6.92 Å². The lowest BCUT2D eigenvalue weighted by Gasteiger charge is -2.11. The SMILES string of the molecule is CCCC(C)SC(=O)Cn1c2ccc(N)cc2c2c(C)c(/C(C)=N/OC(C)=O)ccc21. The third kappa shape index (κ3) is 4.93. The van der Waals surface area contributed by atoms with Gasteiger partial charge in [-0.25, -0.2) is 4.79 Å². The van der Waals surface area contributed by atoms with Gasteiger partial charge in [0.25, 0.3) is 0 Å². The number of fused-ring (bicyclic) bond motifs is 3. The number of nitrogens with zero attached hydrogens (tertiary/aromatic N) is 2. The average Bonchev–Trinajstić information content (AvgIpc) is 3.00. The Bertz CT molecular complexity index is 1180. The predicted octanol–water partition coefficient (Wildman–Crippen LogP) is 5.42. The Kier molecular flexibility index (Phi) is 7.05. The van der Waals surface area contributed by atoms with Gasteiger partial charge in [-0.15, -0.1) is 0 Å². The van der Waals surface area contributed by atoms with Crippen LogP contribution in [0.2, 0.25) is 0 Å². The van der Waals surface area contributed by atoms with Gasteiger partial charge < -0.3 is 15.1 Å². The van der Waals surface area contributed by atoms with Crippen LogP contribution in [0.4, 0.5) is 5.69 Å². The van der Waals surface area contributed by atoms with E-state index in [4.69, 9.17) is 10.6 Å². The molecule has 0 aliphatic heterocycles. The molecule has 31 heavy (non-hydrogen) atoms. The molecular formula is C24H29N3O3S. The Morgan fingerprint density at radius 1 is 1.19 bits per heavy atom. The molecule has 3 rings (SSSR count). The Hall–Kier alpha value is -2.80. The van der Waals surface area contributed by atoms with Crippen molar-refractivity contribution in [2.75, 3.05) is 5.73 Å². The number of oxime groups is 1. The fraction of sp³-hybridized carbons (Fsp3) is 0.375. The molecule has 1 atom stereocenters. The molecule has 0 bridgehead atoms. The second-order valence-electron chi connectivity index (χ2n) is 7.84. The summed E-state index contributed by atoms with van der Waals surface area (Å²) in [4.78, 5) is 28.8. The van der Waals surface area contributed by atoms with Crippen molar-refractivity contribution in [3.8, 4) is 0 Å². The summed E-state index contributed by atoms with van der Waals surface area (Å²) in [6, 6.07) is 9.72. The first-order chi connectivity index (χ1) is 14.7. The van der Waals surface area contributed by atoms with Gasteiger partial charge in [0.2, 0.25) is 5.12 Å². The summed E-state index contributed by atoms with van der Waals surface area (Å²) in [5.41, 5.74) is 11.2. The number of anilines is 1. The second kappa shape index (κ2) is 9.56. The molecule has 0 fully saturated rings. The van der Waals surface area contributed by atoms with Crippen LogP contribution in [-0.2, 0) is 21.0 Å². The molecule has 6 nitrogen and oxygen atoms in total. The third-order valence-corrected chi connectivity index (χ3v) is 6.36. The highest BCUT2D eigenvalue weighted by Crippen LogP contribution is 2.35. The maximum atomic E-state index is 12.8. The Morgan fingerprint density at radius 3 is 2.58 bits per heavy atom. The number of rotatable bonds is 7. The van der Waals surface area contributed by atoms with E-state index in [2.05, 4.69) is 23.6 Å². The first kappa shape index (κ1) is 22.9. The van der Waals surface area contributed by atoms with Crippen molar-refractivity contribution in [3.63, 3.8) is 0 Å².